The molecule has 0 bridgehead atoms. The summed E-state index contributed by atoms with van der Waals surface area (Å²) >= 11 is 13.7. The molecule has 0 aliphatic heterocycles. The molecule has 0 radical (unpaired) electrons. The van der Waals surface area contributed by atoms with Gasteiger partial charge in [-0.1, -0.05) is 59.6 Å². The molecule has 9 heteroatoms. The first-order valence-electron chi connectivity index (χ1n) is 9.98. The number of nitrogens with zero attached hydrogens (tertiary/aromatic N) is 3. The number of carbonyl (C=O) groups is 2. The van der Waals surface area contributed by atoms with Crippen LogP contribution in [0.15, 0.2) is 60.1 Å². The van der Waals surface area contributed by atoms with E-state index >= 15 is 0 Å². The largest absolute Gasteiger partial charge is 0.333 e. The number of hydrogen-bond acceptors (Lipinski definition) is 4. The summed E-state index contributed by atoms with van der Waals surface area (Å²) in [6.45, 7) is 2.14. The van der Waals surface area contributed by atoms with E-state index in [1.807, 2.05) is 53.2 Å². The maximum Gasteiger partial charge on any atom is 0.244 e. The maximum atomic E-state index is 12.9. The molecule has 164 valence electrons. The lowest BCUT2D eigenvalue weighted by Crippen LogP contribution is -2.38. The highest BCUT2D eigenvalue weighted by Gasteiger charge is 2.20. The van der Waals surface area contributed by atoms with E-state index in [4.69, 9.17) is 23.2 Å². The summed E-state index contributed by atoms with van der Waals surface area (Å²) < 4.78 is 1.93. The quantitative estimate of drug-likeness (QED) is 0.380. The van der Waals surface area contributed by atoms with E-state index in [1.54, 1.807) is 18.2 Å². The second-order valence-electron chi connectivity index (χ2n) is 7.10. The number of fused-ring (bicyclic) bond motifs is 1. The Labute approximate surface area is 199 Å². The van der Waals surface area contributed by atoms with Gasteiger partial charge in [0.1, 0.15) is 0 Å². The average molecular weight is 487 g/mol. The molecule has 2 aromatic heterocycles. The Morgan fingerprint density at radius 1 is 1.09 bits per heavy atom. The van der Waals surface area contributed by atoms with Crippen molar-refractivity contribution in [3.8, 4) is 11.3 Å². The van der Waals surface area contributed by atoms with Crippen molar-refractivity contribution in [2.24, 2.45) is 0 Å². The predicted molar refractivity (Wildman–Crippen MR) is 130 cm³/mol. The van der Waals surface area contributed by atoms with Crippen molar-refractivity contribution in [1.82, 2.24) is 14.3 Å². The maximum absolute atomic E-state index is 12.9. The molecule has 32 heavy (non-hydrogen) atoms. The zero-order valence-electron chi connectivity index (χ0n) is 17.2. The van der Waals surface area contributed by atoms with Crippen LogP contribution in [-0.2, 0) is 16.0 Å². The molecular weight excluding hydrogens is 467 g/mol. The van der Waals surface area contributed by atoms with Crippen molar-refractivity contribution < 1.29 is 9.59 Å². The second kappa shape index (κ2) is 9.73. The number of nitrogens with one attached hydrogen (secondary N) is 1. The van der Waals surface area contributed by atoms with Crippen molar-refractivity contribution >= 4 is 57.0 Å². The van der Waals surface area contributed by atoms with E-state index in [1.165, 1.54) is 16.2 Å². The molecule has 4 aromatic rings. The Balaban J connectivity index is 1.45. The third-order valence-corrected chi connectivity index (χ3v) is 6.50. The lowest BCUT2D eigenvalue weighted by Gasteiger charge is -2.20. The minimum absolute atomic E-state index is 0.0939. The molecule has 0 fully saturated rings. The Morgan fingerprint density at radius 3 is 2.50 bits per heavy atom. The molecule has 2 heterocycles. The highest BCUT2D eigenvalue weighted by atomic mass is 35.5. The Bertz CT molecular complexity index is 1250. The van der Waals surface area contributed by atoms with Crippen LogP contribution in [-0.4, -0.2) is 39.2 Å². The number of benzene rings is 2. The number of rotatable bonds is 7. The standard InChI is InChI=1S/C23H20Cl2N4O2S/c1-2-28(13-20(30)27-22-17(24)9-6-10-18(22)25)21(31)11-16-14-32-23-26-19(12-29(16)23)15-7-4-3-5-8-15/h3-10,12,14H,2,11,13H2,1H3,(H,27,30). The smallest absolute Gasteiger partial charge is 0.244 e. The topological polar surface area (TPSA) is 66.7 Å². The third kappa shape index (κ3) is 4.80. The molecule has 0 aliphatic carbocycles. The Morgan fingerprint density at radius 2 is 1.81 bits per heavy atom. The first-order valence-corrected chi connectivity index (χ1v) is 11.6. The first kappa shape index (κ1) is 22.3. The number of para-hydroxylation sites is 1. The van der Waals surface area contributed by atoms with Gasteiger partial charge >= 0.3 is 0 Å². The van der Waals surface area contributed by atoms with Crippen LogP contribution in [0.3, 0.4) is 0 Å². The fourth-order valence-electron chi connectivity index (χ4n) is 3.32. The fourth-order valence-corrected chi connectivity index (χ4v) is 4.68. The Hall–Kier alpha value is -2.87. The summed E-state index contributed by atoms with van der Waals surface area (Å²) in [5.74, 6) is -0.512. The molecule has 0 spiro atoms. The third-order valence-electron chi connectivity index (χ3n) is 4.98. The predicted octanol–water partition coefficient (Wildman–Crippen LogP) is 5.40. The summed E-state index contributed by atoms with van der Waals surface area (Å²) in [5.41, 5.74) is 3.05. The van der Waals surface area contributed by atoms with E-state index in [0.717, 1.165) is 21.9 Å². The SMILES string of the molecule is CCN(CC(=O)Nc1c(Cl)cccc1Cl)C(=O)Cc1csc2nc(-c3ccccc3)cn12. The number of anilines is 1. The molecular formula is C23H20Cl2N4O2S. The molecule has 2 aromatic carbocycles. The van der Waals surface area contributed by atoms with Gasteiger partial charge in [-0.25, -0.2) is 4.98 Å². The number of halogens is 2. The molecule has 0 saturated heterocycles. The Kier molecular flexibility index (Phi) is 6.79. The van der Waals surface area contributed by atoms with Crippen LogP contribution in [0.2, 0.25) is 10.0 Å². The summed E-state index contributed by atoms with van der Waals surface area (Å²) in [7, 11) is 0. The van der Waals surface area contributed by atoms with Gasteiger partial charge in [0.15, 0.2) is 4.96 Å². The molecule has 0 unspecified atom stereocenters. The van der Waals surface area contributed by atoms with Gasteiger partial charge in [0.05, 0.1) is 34.4 Å². The highest BCUT2D eigenvalue weighted by molar-refractivity contribution is 7.15. The van der Waals surface area contributed by atoms with Crippen molar-refractivity contribution in [2.75, 3.05) is 18.4 Å². The van der Waals surface area contributed by atoms with Gasteiger partial charge in [-0.05, 0) is 19.1 Å². The van der Waals surface area contributed by atoms with Gasteiger partial charge in [0, 0.05) is 29.4 Å². The normalized spacial score (nSPS) is 11.0. The summed E-state index contributed by atoms with van der Waals surface area (Å²) in [4.78, 5) is 32.5. The van der Waals surface area contributed by atoms with E-state index in [0.29, 0.717) is 22.3 Å². The molecule has 4 rings (SSSR count). The van der Waals surface area contributed by atoms with Gasteiger partial charge < -0.3 is 10.2 Å². The average Bonchev–Trinajstić information content (AvgIpc) is 3.37. The zero-order chi connectivity index (χ0) is 22.7. The minimum Gasteiger partial charge on any atom is -0.333 e. The number of hydrogen-bond donors (Lipinski definition) is 1. The van der Waals surface area contributed by atoms with E-state index < -0.39 is 0 Å². The van der Waals surface area contributed by atoms with Crippen LogP contribution in [0.25, 0.3) is 16.2 Å². The van der Waals surface area contributed by atoms with Crippen molar-refractivity contribution in [3.05, 3.63) is 75.8 Å². The number of likely N-dealkylation sites (N-methyl/N-ethyl adjacent to an activating group) is 1. The van der Waals surface area contributed by atoms with Gasteiger partial charge in [0.25, 0.3) is 0 Å². The van der Waals surface area contributed by atoms with Crippen molar-refractivity contribution in [3.63, 3.8) is 0 Å². The van der Waals surface area contributed by atoms with Crippen LogP contribution in [0.4, 0.5) is 5.69 Å². The van der Waals surface area contributed by atoms with Crippen LogP contribution in [0, 0.1) is 0 Å². The minimum atomic E-state index is -0.361. The summed E-state index contributed by atoms with van der Waals surface area (Å²) in [6, 6.07) is 14.9. The molecule has 0 aliphatic rings. The highest BCUT2D eigenvalue weighted by Crippen LogP contribution is 2.29. The monoisotopic (exact) mass is 486 g/mol. The van der Waals surface area contributed by atoms with E-state index in [-0.39, 0.29) is 24.8 Å². The number of imidazole rings is 1. The van der Waals surface area contributed by atoms with E-state index in [9.17, 15) is 9.59 Å². The van der Waals surface area contributed by atoms with Crippen LogP contribution in [0.5, 0.6) is 0 Å². The van der Waals surface area contributed by atoms with Crippen LogP contribution >= 0.6 is 34.5 Å². The molecule has 0 saturated carbocycles. The van der Waals surface area contributed by atoms with Crippen molar-refractivity contribution in [1.29, 1.82) is 0 Å². The lowest BCUT2D eigenvalue weighted by atomic mass is 10.2. The molecule has 2 amide bonds. The second-order valence-corrected chi connectivity index (χ2v) is 8.75. The van der Waals surface area contributed by atoms with Gasteiger partial charge in [0.2, 0.25) is 11.8 Å². The summed E-state index contributed by atoms with van der Waals surface area (Å²) in [5, 5.41) is 5.31. The number of amides is 2. The number of thiazole rings is 1. The van der Waals surface area contributed by atoms with Crippen LogP contribution < -0.4 is 5.32 Å². The molecule has 6 nitrogen and oxygen atoms in total. The first-order chi connectivity index (χ1) is 15.5. The van der Waals surface area contributed by atoms with Gasteiger partial charge in [-0.3, -0.25) is 14.0 Å². The van der Waals surface area contributed by atoms with Gasteiger partial charge in [-0.15, -0.1) is 11.3 Å². The summed E-state index contributed by atoms with van der Waals surface area (Å²) in [6.07, 6.45) is 2.10. The van der Waals surface area contributed by atoms with E-state index in [2.05, 4.69) is 10.3 Å². The van der Waals surface area contributed by atoms with Crippen LogP contribution in [0.1, 0.15) is 12.6 Å². The number of aromatic nitrogens is 2. The van der Waals surface area contributed by atoms with Crippen molar-refractivity contribution in [2.45, 2.75) is 13.3 Å². The zero-order valence-corrected chi connectivity index (χ0v) is 19.5. The molecule has 0 atom stereocenters. The number of carbonyl (C=O) groups excluding carboxylic acids is 2. The molecule has 1 N–H and O–H groups in total. The van der Waals surface area contributed by atoms with Gasteiger partial charge in [-0.2, -0.15) is 0 Å². The lowest BCUT2D eigenvalue weighted by molar-refractivity contribution is -0.133. The fraction of sp³-hybridized carbons (Fsp3) is 0.174.